The predicted octanol–water partition coefficient (Wildman–Crippen LogP) is 3.52. The van der Waals surface area contributed by atoms with Gasteiger partial charge >= 0.3 is 0 Å². The van der Waals surface area contributed by atoms with E-state index in [2.05, 4.69) is 37.2 Å². The lowest BCUT2D eigenvalue weighted by atomic mass is 10.0. The second-order valence-electron chi connectivity index (χ2n) is 6.68. The molecule has 126 valence electrons. The Balaban J connectivity index is 0.00000156. The first-order valence-electron chi connectivity index (χ1n) is 8.39. The van der Waals surface area contributed by atoms with Gasteiger partial charge in [0.1, 0.15) is 0 Å². The van der Waals surface area contributed by atoms with E-state index in [1.54, 1.807) is 11.3 Å². The van der Waals surface area contributed by atoms with E-state index < -0.39 is 0 Å². The van der Waals surface area contributed by atoms with E-state index in [4.69, 9.17) is 0 Å². The molecule has 0 aromatic carbocycles. The number of nitrogens with zero attached hydrogens (tertiary/aromatic N) is 2. The van der Waals surface area contributed by atoms with Crippen molar-refractivity contribution in [2.24, 2.45) is 5.92 Å². The standard InChI is InChI=1S/C17H24N4S.ClH/c1-2-13(1)9-18-16-3-6-21(7-4-16)11-15-10-19-20-17(15)14-5-8-22-12-14;/h5,8,10,12-13,16,18H,1-4,6-7,9,11H2,(H,19,20);1H. The highest BCUT2D eigenvalue weighted by atomic mass is 35.5. The highest BCUT2D eigenvalue weighted by Crippen LogP contribution is 2.28. The number of rotatable bonds is 6. The van der Waals surface area contributed by atoms with Gasteiger partial charge in [-0.15, -0.1) is 12.4 Å². The molecule has 6 heteroatoms. The van der Waals surface area contributed by atoms with Crippen LogP contribution in [0.2, 0.25) is 0 Å². The summed E-state index contributed by atoms with van der Waals surface area (Å²) in [6.45, 7) is 4.64. The molecule has 2 aliphatic rings. The lowest BCUT2D eigenvalue weighted by Gasteiger charge is -2.32. The van der Waals surface area contributed by atoms with Crippen molar-refractivity contribution in [1.29, 1.82) is 0 Å². The SMILES string of the molecule is Cl.c1cc(-c2[nH]ncc2CN2CCC(NCC3CC3)CC2)cs1. The smallest absolute Gasteiger partial charge is 0.0703 e. The molecule has 1 saturated carbocycles. The number of aromatic amines is 1. The van der Waals surface area contributed by atoms with Gasteiger partial charge in [-0.1, -0.05) is 0 Å². The van der Waals surface area contributed by atoms with E-state index in [-0.39, 0.29) is 12.4 Å². The highest BCUT2D eigenvalue weighted by Gasteiger charge is 2.24. The van der Waals surface area contributed by atoms with Crippen molar-refractivity contribution < 1.29 is 0 Å². The minimum atomic E-state index is 0. The Bertz CT molecular complexity index is 586. The van der Waals surface area contributed by atoms with Gasteiger partial charge in [0.05, 0.1) is 11.9 Å². The van der Waals surface area contributed by atoms with E-state index in [1.165, 1.54) is 62.1 Å². The molecule has 1 aliphatic heterocycles. The molecule has 0 bridgehead atoms. The molecule has 1 saturated heterocycles. The van der Waals surface area contributed by atoms with Crippen LogP contribution < -0.4 is 5.32 Å². The van der Waals surface area contributed by atoms with Crippen LogP contribution in [0.4, 0.5) is 0 Å². The van der Waals surface area contributed by atoms with E-state index in [0.717, 1.165) is 18.5 Å². The second-order valence-corrected chi connectivity index (χ2v) is 7.46. The van der Waals surface area contributed by atoms with Crippen LogP contribution in [0.1, 0.15) is 31.2 Å². The van der Waals surface area contributed by atoms with Crippen molar-refractivity contribution in [2.45, 2.75) is 38.3 Å². The summed E-state index contributed by atoms with van der Waals surface area (Å²) in [6.07, 6.45) is 7.43. The maximum Gasteiger partial charge on any atom is 0.0703 e. The quantitative estimate of drug-likeness (QED) is 0.836. The number of likely N-dealkylation sites (tertiary alicyclic amines) is 1. The third-order valence-corrected chi connectivity index (χ3v) is 5.58. The van der Waals surface area contributed by atoms with Crippen LogP contribution in [0.25, 0.3) is 11.3 Å². The molecular weight excluding hydrogens is 328 g/mol. The van der Waals surface area contributed by atoms with Crippen molar-refractivity contribution >= 4 is 23.7 Å². The average molecular weight is 353 g/mol. The number of halogens is 1. The lowest BCUT2D eigenvalue weighted by Crippen LogP contribution is -2.42. The minimum absolute atomic E-state index is 0. The summed E-state index contributed by atoms with van der Waals surface area (Å²) in [7, 11) is 0. The highest BCUT2D eigenvalue weighted by molar-refractivity contribution is 7.08. The maximum absolute atomic E-state index is 4.25. The summed E-state index contributed by atoms with van der Waals surface area (Å²) in [5.41, 5.74) is 3.77. The van der Waals surface area contributed by atoms with Crippen molar-refractivity contribution in [3.05, 3.63) is 28.6 Å². The molecule has 0 spiro atoms. The Morgan fingerprint density at radius 3 is 2.78 bits per heavy atom. The Kier molecular flexibility index (Phi) is 5.75. The molecule has 0 unspecified atom stereocenters. The van der Waals surface area contributed by atoms with Crippen LogP contribution in [-0.4, -0.2) is 40.8 Å². The topological polar surface area (TPSA) is 44.0 Å². The number of thiophene rings is 1. The first-order valence-corrected chi connectivity index (χ1v) is 9.33. The van der Waals surface area contributed by atoms with Crippen LogP contribution in [0.15, 0.2) is 23.0 Å². The molecule has 2 N–H and O–H groups in total. The van der Waals surface area contributed by atoms with Crippen molar-refractivity contribution in [3.63, 3.8) is 0 Å². The first-order chi connectivity index (χ1) is 10.9. The lowest BCUT2D eigenvalue weighted by molar-refractivity contribution is 0.190. The van der Waals surface area contributed by atoms with E-state index in [0.29, 0.717) is 0 Å². The van der Waals surface area contributed by atoms with Gasteiger partial charge in [-0.25, -0.2) is 0 Å². The number of hydrogen-bond donors (Lipinski definition) is 2. The van der Waals surface area contributed by atoms with Crippen LogP contribution in [0.5, 0.6) is 0 Å². The third kappa shape index (κ3) is 4.35. The van der Waals surface area contributed by atoms with Crippen molar-refractivity contribution in [1.82, 2.24) is 20.4 Å². The molecule has 2 aromatic rings. The molecule has 1 aliphatic carbocycles. The van der Waals surface area contributed by atoms with Gasteiger partial charge in [0, 0.05) is 29.1 Å². The van der Waals surface area contributed by atoms with Crippen LogP contribution in [-0.2, 0) is 6.54 Å². The van der Waals surface area contributed by atoms with Gasteiger partial charge in [0.15, 0.2) is 0 Å². The largest absolute Gasteiger partial charge is 0.314 e. The van der Waals surface area contributed by atoms with Crippen molar-refractivity contribution in [2.75, 3.05) is 19.6 Å². The molecular formula is C17H25ClN4S. The minimum Gasteiger partial charge on any atom is -0.314 e. The summed E-state index contributed by atoms with van der Waals surface area (Å²) >= 11 is 1.74. The zero-order chi connectivity index (χ0) is 14.8. The van der Waals surface area contributed by atoms with Gasteiger partial charge in [-0.05, 0) is 62.7 Å². The Labute approximate surface area is 148 Å². The van der Waals surface area contributed by atoms with Crippen LogP contribution in [0.3, 0.4) is 0 Å². The molecule has 2 fully saturated rings. The second kappa shape index (κ2) is 7.79. The Morgan fingerprint density at radius 1 is 1.26 bits per heavy atom. The number of H-pyrrole nitrogens is 1. The van der Waals surface area contributed by atoms with Gasteiger partial charge < -0.3 is 5.32 Å². The predicted molar refractivity (Wildman–Crippen MR) is 98.2 cm³/mol. The van der Waals surface area contributed by atoms with Gasteiger partial charge in [-0.2, -0.15) is 16.4 Å². The van der Waals surface area contributed by atoms with Crippen molar-refractivity contribution in [3.8, 4) is 11.3 Å². The van der Waals surface area contributed by atoms with Gasteiger partial charge in [0.25, 0.3) is 0 Å². The maximum atomic E-state index is 4.25. The normalized spacial score (nSPS) is 19.7. The number of aromatic nitrogens is 2. The zero-order valence-electron chi connectivity index (χ0n) is 13.3. The third-order valence-electron chi connectivity index (χ3n) is 4.90. The Morgan fingerprint density at radius 2 is 2.09 bits per heavy atom. The monoisotopic (exact) mass is 352 g/mol. The number of piperidine rings is 1. The van der Waals surface area contributed by atoms with E-state index in [9.17, 15) is 0 Å². The average Bonchev–Trinajstić information content (AvgIpc) is 3.01. The Hall–Kier alpha value is -0.880. The summed E-state index contributed by atoms with van der Waals surface area (Å²) < 4.78 is 0. The summed E-state index contributed by atoms with van der Waals surface area (Å²) in [5.74, 6) is 0.983. The number of nitrogens with one attached hydrogen (secondary N) is 2. The van der Waals surface area contributed by atoms with Crippen LogP contribution in [0, 0.1) is 5.92 Å². The van der Waals surface area contributed by atoms with Crippen LogP contribution >= 0.6 is 23.7 Å². The number of hydrogen-bond acceptors (Lipinski definition) is 4. The molecule has 2 aromatic heterocycles. The molecule has 0 atom stereocenters. The molecule has 23 heavy (non-hydrogen) atoms. The fraction of sp³-hybridized carbons (Fsp3) is 0.588. The first kappa shape index (κ1) is 17.0. The fourth-order valence-corrected chi connectivity index (χ4v) is 3.93. The van der Waals surface area contributed by atoms with Gasteiger partial charge in [-0.3, -0.25) is 10.00 Å². The molecule has 4 nitrogen and oxygen atoms in total. The molecule has 4 rings (SSSR count). The fourth-order valence-electron chi connectivity index (χ4n) is 3.28. The van der Waals surface area contributed by atoms with E-state index >= 15 is 0 Å². The summed E-state index contributed by atoms with van der Waals surface area (Å²) in [5, 5.41) is 15.5. The van der Waals surface area contributed by atoms with E-state index in [1.807, 2.05) is 6.20 Å². The van der Waals surface area contributed by atoms with Gasteiger partial charge in [0.2, 0.25) is 0 Å². The summed E-state index contributed by atoms with van der Waals surface area (Å²) in [6, 6.07) is 2.90. The summed E-state index contributed by atoms with van der Waals surface area (Å²) in [4.78, 5) is 2.57. The molecule has 0 amide bonds. The molecule has 3 heterocycles. The molecule has 0 radical (unpaired) electrons. The zero-order valence-corrected chi connectivity index (χ0v) is 15.0.